The van der Waals surface area contributed by atoms with Crippen LogP contribution in [0.1, 0.15) is 30.5 Å². The minimum absolute atomic E-state index is 0.144. The molecule has 11 aromatic carbocycles. The van der Waals surface area contributed by atoms with Gasteiger partial charge in [0.2, 0.25) is 0 Å². The van der Waals surface area contributed by atoms with Crippen LogP contribution in [-0.4, -0.2) is 0 Å². The van der Waals surface area contributed by atoms with Gasteiger partial charge in [0.1, 0.15) is 0 Å². The van der Waals surface area contributed by atoms with Gasteiger partial charge in [-0.25, -0.2) is 0 Å². The molecule has 0 fully saturated rings. The standard InChI is InChI=1S/C62H46N2/c1-41-30-34-45(35-31-41)63(58-28-14-18-42-16-4-6-20-48(42)58)46-36-32-44(33-37-46)60-52-23-8-10-25-54(52)61(55-26-11-9-24-53(55)60)64(59-29-15-19-43-17-5-7-21-49(43)59)47-38-39-51-50-22-12-13-27-56(50)62(2,3)57(51)40-47/h4-40H,1-3H3. The van der Waals surface area contributed by atoms with Crippen molar-refractivity contribution in [2.24, 2.45) is 0 Å². The molecule has 12 rings (SSSR count). The fraction of sp³-hybridized carbons (Fsp3) is 0.0645. The zero-order valence-electron chi connectivity index (χ0n) is 36.3. The highest BCUT2D eigenvalue weighted by molar-refractivity contribution is 6.23. The Labute approximate surface area is 374 Å². The van der Waals surface area contributed by atoms with E-state index in [2.05, 4.69) is 255 Å². The average Bonchev–Trinajstić information content (AvgIpc) is 3.57. The number of aryl methyl sites for hydroxylation is 1. The van der Waals surface area contributed by atoms with Crippen LogP contribution in [-0.2, 0) is 5.41 Å². The van der Waals surface area contributed by atoms with E-state index in [1.165, 1.54) is 87.7 Å². The first-order chi connectivity index (χ1) is 31.4. The van der Waals surface area contributed by atoms with Crippen molar-refractivity contribution in [1.29, 1.82) is 0 Å². The summed E-state index contributed by atoms with van der Waals surface area (Å²) in [6.45, 7) is 6.89. The maximum absolute atomic E-state index is 2.54. The molecule has 0 amide bonds. The second-order valence-electron chi connectivity index (χ2n) is 17.8. The summed E-state index contributed by atoms with van der Waals surface area (Å²) < 4.78 is 0. The molecular weight excluding hydrogens is 773 g/mol. The SMILES string of the molecule is Cc1ccc(N(c2ccc(-c3c4ccccc4c(N(c4ccc5c(c4)C(C)(C)c4ccccc4-5)c4cccc5ccccc45)c4ccccc34)cc2)c2cccc3ccccc23)cc1. The Hall–Kier alpha value is -7.94. The number of rotatable bonds is 7. The molecule has 11 aromatic rings. The Morgan fingerprint density at radius 2 is 0.797 bits per heavy atom. The molecule has 0 unspecified atom stereocenters. The molecule has 0 aliphatic heterocycles. The fourth-order valence-corrected chi connectivity index (χ4v) is 10.6. The van der Waals surface area contributed by atoms with Crippen LogP contribution in [0.3, 0.4) is 0 Å². The quantitative estimate of drug-likeness (QED) is 0.148. The molecule has 2 nitrogen and oxygen atoms in total. The molecule has 0 spiro atoms. The minimum Gasteiger partial charge on any atom is -0.310 e. The first kappa shape index (κ1) is 37.8. The van der Waals surface area contributed by atoms with Crippen LogP contribution in [0, 0.1) is 6.92 Å². The highest BCUT2D eigenvalue weighted by Crippen LogP contribution is 2.54. The first-order valence-corrected chi connectivity index (χ1v) is 22.3. The lowest BCUT2D eigenvalue weighted by atomic mass is 9.82. The lowest BCUT2D eigenvalue weighted by Gasteiger charge is -2.32. The third kappa shape index (κ3) is 5.94. The number of benzene rings is 11. The average molecular weight is 819 g/mol. The predicted molar refractivity (Wildman–Crippen MR) is 274 cm³/mol. The third-order valence-corrected chi connectivity index (χ3v) is 13.7. The molecule has 0 saturated carbocycles. The van der Waals surface area contributed by atoms with E-state index in [1.54, 1.807) is 0 Å². The highest BCUT2D eigenvalue weighted by atomic mass is 15.2. The van der Waals surface area contributed by atoms with Crippen LogP contribution in [0.5, 0.6) is 0 Å². The highest BCUT2D eigenvalue weighted by Gasteiger charge is 2.36. The van der Waals surface area contributed by atoms with Gasteiger partial charge < -0.3 is 9.80 Å². The maximum atomic E-state index is 2.54. The summed E-state index contributed by atoms with van der Waals surface area (Å²) in [5.74, 6) is 0. The van der Waals surface area contributed by atoms with E-state index in [9.17, 15) is 0 Å². The second kappa shape index (κ2) is 14.9. The van der Waals surface area contributed by atoms with Crippen LogP contribution in [0.4, 0.5) is 34.1 Å². The summed E-state index contributed by atoms with van der Waals surface area (Å²) in [6, 6.07) is 83.0. The van der Waals surface area contributed by atoms with E-state index in [0.29, 0.717) is 0 Å². The molecule has 0 atom stereocenters. The molecule has 0 N–H and O–H groups in total. The zero-order chi connectivity index (χ0) is 42.9. The Kier molecular flexibility index (Phi) is 8.77. The normalized spacial score (nSPS) is 12.7. The minimum atomic E-state index is -0.144. The van der Waals surface area contributed by atoms with Gasteiger partial charge in [0, 0.05) is 44.0 Å². The summed E-state index contributed by atoms with van der Waals surface area (Å²) in [5, 5.41) is 9.70. The molecule has 2 heteroatoms. The van der Waals surface area contributed by atoms with Gasteiger partial charge in [-0.3, -0.25) is 0 Å². The number of hydrogen-bond acceptors (Lipinski definition) is 2. The molecular formula is C62H46N2. The van der Waals surface area contributed by atoms with Crippen LogP contribution in [0.25, 0.3) is 65.3 Å². The molecule has 0 saturated heterocycles. The van der Waals surface area contributed by atoms with Gasteiger partial charge in [-0.15, -0.1) is 0 Å². The molecule has 0 heterocycles. The van der Waals surface area contributed by atoms with Gasteiger partial charge in [-0.1, -0.05) is 195 Å². The van der Waals surface area contributed by atoms with Crippen molar-refractivity contribution in [3.8, 4) is 22.3 Å². The molecule has 304 valence electrons. The number of fused-ring (bicyclic) bond motifs is 7. The lowest BCUT2D eigenvalue weighted by molar-refractivity contribution is 0.660. The fourth-order valence-electron chi connectivity index (χ4n) is 10.6. The van der Waals surface area contributed by atoms with E-state index < -0.39 is 0 Å². The van der Waals surface area contributed by atoms with Crippen molar-refractivity contribution in [1.82, 2.24) is 0 Å². The third-order valence-electron chi connectivity index (χ3n) is 13.7. The lowest BCUT2D eigenvalue weighted by Crippen LogP contribution is -2.17. The van der Waals surface area contributed by atoms with Crippen molar-refractivity contribution in [2.45, 2.75) is 26.2 Å². The Bertz CT molecular complexity index is 3530. The Balaban J connectivity index is 1.08. The van der Waals surface area contributed by atoms with Crippen LogP contribution in [0.15, 0.2) is 224 Å². The van der Waals surface area contributed by atoms with Crippen LogP contribution in [0.2, 0.25) is 0 Å². The van der Waals surface area contributed by atoms with E-state index in [0.717, 1.165) is 28.4 Å². The van der Waals surface area contributed by atoms with Gasteiger partial charge in [-0.05, 0) is 110 Å². The summed E-state index contributed by atoms with van der Waals surface area (Å²) in [4.78, 5) is 4.94. The summed E-state index contributed by atoms with van der Waals surface area (Å²) >= 11 is 0. The molecule has 64 heavy (non-hydrogen) atoms. The molecule has 0 bridgehead atoms. The topological polar surface area (TPSA) is 6.48 Å². The Morgan fingerprint density at radius 3 is 1.41 bits per heavy atom. The van der Waals surface area contributed by atoms with Crippen molar-refractivity contribution in [2.75, 3.05) is 9.80 Å². The predicted octanol–water partition coefficient (Wildman–Crippen LogP) is 17.5. The van der Waals surface area contributed by atoms with Crippen molar-refractivity contribution < 1.29 is 0 Å². The van der Waals surface area contributed by atoms with Gasteiger partial charge in [-0.2, -0.15) is 0 Å². The van der Waals surface area contributed by atoms with Gasteiger partial charge in [0.25, 0.3) is 0 Å². The van der Waals surface area contributed by atoms with E-state index >= 15 is 0 Å². The van der Waals surface area contributed by atoms with E-state index in [-0.39, 0.29) is 5.41 Å². The number of nitrogens with zero attached hydrogens (tertiary/aromatic N) is 2. The largest absolute Gasteiger partial charge is 0.310 e. The molecule has 1 aliphatic rings. The summed E-state index contributed by atoms with van der Waals surface area (Å²) in [6.07, 6.45) is 0. The molecule has 0 aromatic heterocycles. The monoisotopic (exact) mass is 818 g/mol. The number of hydrogen-bond donors (Lipinski definition) is 0. The van der Waals surface area contributed by atoms with Gasteiger partial charge >= 0.3 is 0 Å². The smallest absolute Gasteiger partial charge is 0.0619 e. The number of anilines is 6. The van der Waals surface area contributed by atoms with E-state index in [1.807, 2.05) is 0 Å². The Morgan fingerprint density at radius 1 is 0.344 bits per heavy atom. The van der Waals surface area contributed by atoms with Crippen LogP contribution < -0.4 is 9.80 Å². The molecule has 1 aliphatic carbocycles. The van der Waals surface area contributed by atoms with Crippen molar-refractivity contribution in [3.05, 3.63) is 241 Å². The molecule has 0 radical (unpaired) electrons. The van der Waals surface area contributed by atoms with Gasteiger partial charge in [0.05, 0.1) is 17.1 Å². The maximum Gasteiger partial charge on any atom is 0.0619 e. The zero-order valence-corrected chi connectivity index (χ0v) is 36.3. The van der Waals surface area contributed by atoms with Crippen LogP contribution >= 0.6 is 0 Å². The van der Waals surface area contributed by atoms with Crippen molar-refractivity contribution >= 4 is 77.2 Å². The summed E-state index contributed by atoms with van der Waals surface area (Å²) in [5.41, 5.74) is 15.8. The van der Waals surface area contributed by atoms with Crippen molar-refractivity contribution in [3.63, 3.8) is 0 Å². The van der Waals surface area contributed by atoms with E-state index in [4.69, 9.17) is 0 Å². The second-order valence-corrected chi connectivity index (χ2v) is 17.8. The summed E-state index contributed by atoms with van der Waals surface area (Å²) in [7, 11) is 0. The van der Waals surface area contributed by atoms with Gasteiger partial charge in [0.15, 0.2) is 0 Å². The first-order valence-electron chi connectivity index (χ1n) is 22.3.